The second kappa shape index (κ2) is 5.10. The van der Waals surface area contributed by atoms with Crippen LogP contribution in [0.25, 0.3) is 11.1 Å². The quantitative estimate of drug-likeness (QED) is 0.733. The van der Waals surface area contributed by atoms with Crippen molar-refractivity contribution in [3.8, 4) is 11.1 Å². The number of hydrogen-bond acceptors (Lipinski definition) is 1. The smallest absolute Gasteiger partial charge is 0.146 e. The third-order valence-electron chi connectivity index (χ3n) is 2.68. The van der Waals surface area contributed by atoms with Crippen LogP contribution in [0.4, 0.5) is 0 Å². The molecule has 2 heteroatoms. The summed E-state index contributed by atoms with van der Waals surface area (Å²) in [5.41, 5.74) is 5.10. The van der Waals surface area contributed by atoms with E-state index in [1.165, 1.54) is 22.3 Å². The zero-order chi connectivity index (χ0) is 11.4. The minimum absolute atomic E-state index is 0.719. The monoisotopic (exact) mass is 228 g/mol. The van der Waals surface area contributed by atoms with Crippen molar-refractivity contribution in [2.24, 2.45) is 0 Å². The molecule has 0 fully saturated rings. The summed E-state index contributed by atoms with van der Waals surface area (Å²) in [5.74, 6) is 0. The standard InChI is InChI=1S/C14H16OSi/c1-11-6-8-12(9-7-11)14-5-3-2-4-13(14)10-15-16/h2-9H,10H2,1,16H3. The largest absolute Gasteiger partial charge is 0.424 e. The van der Waals surface area contributed by atoms with E-state index < -0.39 is 0 Å². The van der Waals surface area contributed by atoms with E-state index in [1.54, 1.807) is 0 Å². The summed E-state index contributed by atoms with van der Waals surface area (Å²) in [5, 5.41) is 0. The Bertz CT molecular complexity index is 462. The first-order chi connectivity index (χ1) is 7.81. The molecule has 0 atom stereocenters. The molecule has 0 bridgehead atoms. The van der Waals surface area contributed by atoms with E-state index in [0.29, 0.717) is 0 Å². The van der Waals surface area contributed by atoms with Crippen molar-refractivity contribution in [2.45, 2.75) is 13.5 Å². The molecule has 82 valence electrons. The number of hydrogen-bond donors (Lipinski definition) is 0. The Labute approximate surface area is 99.6 Å². The topological polar surface area (TPSA) is 9.23 Å². The predicted molar refractivity (Wildman–Crippen MR) is 71.3 cm³/mol. The Hall–Kier alpha value is -1.38. The van der Waals surface area contributed by atoms with Crippen LogP contribution in [0.15, 0.2) is 48.5 Å². The molecular formula is C14H16OSi. The number of rotatable bonds is 3. The van der Waals surface area contributed by atoms with Gasteiger partial charge in [-0.1, -0.05) is 54.1 Å². The molecule has 2 aromatic carbocycles. The third-order valence-corrected chi connectivity index (χ3v) is 2.97. The van der Waals surface area contributed by atoms with E-state index in [4.69, 9.17) is 4.43 Å². The summed E-state index contributed by atoms with van der Waals surface area (Å²) in [7, 11) is 0.783. The van der Waals surface area contributed by atoms with Gasteiger partial charge in [0.25, 0.3) is 0 Å². The van der Waals surface area contributed by atoms with Gasteiger partial charge in [0.2, 0.25) is 0 Å². The van der Waals surface area contributed by atoms with Gasteiger partial charge in [-0.2, -0.15) is 0 Å². The average Bonchev–Trinajstić information content (AvgIpc) is 2.32. The highest BCUT2D eigenvalue weighted by Gasteiger charge is 2.03. The van der Waals surface area contributed by atoms with Crippen LogP contribution in [0.1, 0.15) is 11.1 Å². The van der Waals surface area contributed by atoms with E-state index >= 15 is 0 Å². The molecule has 0 amide bonds. The molecule has 0 saturated carbocycles. The van der Waals surface area contributed by atoms with Gasteiger partial charge in [0.05, 0.1) is 6.61 Å². The molecule has 0 radical (unpaired) electrons. The van der Waals surface area contributed by atoms with Crippen LogP contribution in [-0.4, -0.2) is 10.5 Å². The normalized spacial score (nSPS) is 10.6. The molecule has 2 rings (SSSR count). The van der Waals surface area contributed by atoms with Crippen molar-refractivity contribution in [1.82, 2.24) is 0 Å². The summed E-state index contributed by atoms with van der Waals surface area (Å²) in [6, 6.07) is 17.1. The summed E-state index contributed by atoms with van der Waals surface area (Å²) in [6.45, 7) is 2.83. The van der Waals surface area contributed by atoms with Crippen LogP contribution < -0.4 is 0 Å². The first-order valence-corrected chi connectivity index (χ1v) is 6.27. The molecular weight excluding hydrogens is 212 g/mol. The summed E-state index contributed by atoms with van der Waals surface area (Å²) < 4.78 is 5.35. The van der Waals surface area contributed by atoms with E-state index in [2.05, 4.69) is 55.5 Å². The number of aryl methyl sites for hydroxylation is 1. The van der Waals surface area contributed by atoms with Crippen molar-refractivity contribution in [2.75, 3.05) is 0 Å². The van der Waals surface area contributed by atoms with Gasteiger partial charge in [-0.15, -0.1) is 0 Å². The highest BCUT2D eigenvalue weighted by atomic mass is 28.2. The van der Waals surface area contributed by atoms with Crippen LogP contribution >= 0.6 is 0 Å². The summed E-state index contributed by atoms with van der Waals surface area (Å²) >= 11 is 0. The minimum atomic E-state index is 0.719. The van der Waals surface area contributed by atoms with Crippen LogP contribution in [0.2, 0.25) is 0 Å². The Balaban J connectivity index is 2.42. The van der Waals surface area contributed by atoms with Gasteiger partial charge in [-0.05, 0) is 23.6 Å². The predicted octanol–water partition coefficient (Wildman–Crippen LogP) is 2.46. The van der Waals surface area contributed by atoms with Crippen LogP contribution in [0.3, 0.4) is 0 Å². The van der Waals surface area contributed by atoms with E-state index in [1.807, 2.05) is 0 Å². The second-order valence-electron chi connectivity index (χ2n) is 3.96. The van der Waals surface area contributed by atoms with E-state index in [9.17, 15) is 0 Å². The SMILES string of the molecule is Cc1ccc(-c2ccccc2CO[SiH3])cc1. The lowest BCUT2D eigenvalue weighted by atomic mass is 9.99. The summed E-state index contributed by atoms with van der Waals surface area (Å²) in [4.78, 5) is 0. The Morgan fingerprint density at radius 3 is 2.38 bits per heavy atom. The lowest BCUT2D eigenvalue weighted by molar-refractivity contribution is 0.339. The molecule has 0 unspecified atom stereocenters. The molecule has 0 N–H and O–H groups in total. The van der Waals surface area contributed by atoms with Crippen molar-refractivity contribution >= 4 is 10.5 Å². The molecule has 2 aromatic rings. The fourth-order valence-electron chi connectivity index (χ4n) is 1.82. The maximum atomic E-state index is 5.35. The molecule has 0 aliphatic heterocycles. The number of benzene rings is 2. The fourth-order valence-corrected chi connectivity index (χ4v) is 2.13. The lowest BCUT2D eigenvalue weighted by Gasteiger charge is -2.09. The van der Waals surface area contributed by atoms with Gasteiger partial charge in [0.15, 0.2) is 0 Å². The molecule has 0 heterocycles. The molecule has 0 aliphatic carbocycles. The van der Waals surface area contributed by atoms with Crippen LogP contribution in [-0.2, 0) is 11.0 Å². The molecule has 16 heavy (non-hydrogen) atoms. The van der Waals surface area contributed by atoms with Crippen molar-refractivity contribution in [1.29, 1.82) is 0 Å². The van der Waals surface area contributed by atoms with Crippen molar-refractivity contribution in [3.63, 3.8) is 0 Å². The molecule has 0 aromatic heterocycles. The van der Waals surface area contributed by atoms with Crippen molar-refractivity contribution < 1.29 is 4.43 Å². The van der Waals surface area contributed by atoms with Crippen molar-refractivity contribution in [3.05, 3.63) is 59.7 Å². The van der Waals surface area contributed by atoms with Crippen LogP contribution in [0.5, 0.6) is 0 Å². The first-order valence-electron chi connectivity index (χ1n) is 5.45. The molecule has 0 aliphatic rings. The minimum Gasteiger partial charge on any atom is -0.424 e. The Morgan fingerprint density at radius 2 is 1.69 bits per heavy atom. The second-order valence-corrected chi connectivity index (χ2v) is 4.53. The van der Waals surface area contributed by atoms with Gasteiger partial charge in [-0.3, -0.25) is 0 Å². The van der Waals surface area contributed by atoms with Gasteiger partial charge >= 0.3 is 0 Å². The summed E-state index contributed by atoms with van der Waals surface area (Å²) in [6.07, 6.45) is 0. The zero-order valence-corrected chi connectivity index (χ0v) is 11.7. The molecule has 1 nitrogen and oxygen atoms in total. The van der Waals surface area contributed by atoms with Gasteiger partial charge < -0.3 is 4.43 Å². The average molecular weight is 228 g/mol. The van der Waals surface area contributed by atoms with Gasteiger partial charge in [-0.25, -0.2) is 0 Å². The van der Waals surface area contributed by atoms with E-state index in [0.717, 1.165) is 17.1 Å². The Morgan fingerprint density at radius 1 is 1.00 bits per heavy atom. The van der Waals surface area contributed by atoms with Gasteiger partial charge in [0.1, 0.15) is 10.5 Å². The maximum Gasteiger partial charge on any atom is 0.146 e. The molecule has 0 saturated heterocycles. The highest BCUT2D eigenvalue weighted by Crippen LogP contribution is 2.24. The van der Waals surface area contributed by atoms with Crippen LogP contribution in [0, 0.1) is 6.92 Å². The van der Waals surface area contributed by atoms with Gasteiger partial charge in [0, 0.05) is 0 Å². The van der Waals surface area contributed by atoms with E-state index in [-0.39, 0.29) is 0 Å². The third kappa shape index (κ3) is 2.40. The highest BCUT2D eigenvalue weighted by molar-refractivity contribution is 5.98. The first kappa shape index (κ1) is 11.1. The zero-order valence-electron chi connectivity index (χ0n) is 9.73. The molecule has 0 spiro atoms. The fraction of sp³-hybridized carbons (Fsp3) is 0.143. The lowest BCUT2D eigenvalue weighted by Crippen LogP contribution is -1.92. The maximum absolute atomic E-state index is 5.35. The Kier molecular flexibility index (Phi) is 3.54.